The first-order chi connectivity index (χ1) is 9.56. The van der Waals surface area contributed by atoms with Crippen LogP contribution in [0.25, 0.3) is 0 Å². The van der Waals surface area contributed by atoms with Crippen molar-refractivity contribution >= 4 is 23.3 Å². The van der Waals surface area contributed by atoms with E-state index in [1.807, 2.05) is 4.90 Å². The Hall–Kier alpha value is -1.39. The summed E-state index contributed by atoms with van der Waals surface area (Å²) in [6, 6.07) is 7.11. The first-order valence-corrected chi connectivity index (χ1v) is 7.25. The van der Waals surface area contributed by atoms with Crippen LogP contribution in [0.5, 0.6) is 0 Å². The molecule has 1 fully saturated rings. The number of hydrogen-bond donors (Lipinski definition) is 1. The highest BCUT2D eigenvalue weighted by Crippen LogP contribution is 2.23. The highest BCUT2D eigenvalue weighted by molar-refractivity contribution is 6.30. The highest BCUT2D eigenvalue weighted by atomic mass is 35.5. The van der Waals surface area contributed by atoms with Gasteiger partial charge in [0.15, 0.2) is 5.78 Å². The number of amides is 1. The Balaban J connectivity index is 2.04. The van der Waals surface area contributed by atoms with Gasteiger partial charge in [-0.1, -0.05) is 24.4 Å². The Morgan fingerprint density at radius 2 is 1.75 bits per heavy atom. The summed E-state index contributed by atoms with van der Waals surface area (Å²) >= 11 is 5.81. The zero-order valence-electron chi connectivity index (χ0n) is 11.3. The molecule has 5 heteroatoms. The summed E-state index contributed by atoms with van der Waals surface area (Å²) in [6.45, 7) is 0.374. The lowest BCUT2D eigenvalue weighted by Gasteiger charge is -2.26. The molecule has 0 unspecified atom stereocenters. The minimum atomic E-state index is -0.388. The molecule has 0 atom stereocenters. The van der Waals surface area contributed by atoms with Crippen molar-refractivity contribution in [1.29, 1.82) is 0 Å². The van der Waals surface area contributed by atoms with Crippen molar-refractivity contribution in [3.05, 3.63) is 34.9 Å². The van der Waals surface area contributed by atoms with Crippen molar-refractivity contribution in [3.63, 3.8) is 0 Å². The largest absolute Gasteiger partial charge is 0.369 e. The van der Waals surface area contributed by atoms with E-state index < -0.39 is 0 Å². The van der Waals surface area contributed by atoms with Gasteiger partial charge >= 0.3 is 0 Å². The van der Waals surface area contributed by atoms with Gasteiger partial charge in [-0.25, -0.2) is 0 Å². The molecule has 0 heterocycles. The quantitative estimate of drug-likeness (QED) is 0.819. The Labute approximate surface area is 123 Å². The van der Waals surface area contributed by atoms with E-state index in [2.05, 4.69) is 0 Å². The van der Waals surface area contributed by atoms with Crippen molar-refractivity contribution in [1.82, 2.24) is 4.90 Å². The van der Waals surface area contributed by atoms with Crippen LogP contribution in [0.2, 0.25) is 5.02 Å². The molecular weight excluding hydrogens is 276 g/mol. The number of Topliss-reactive ketones (excluding diaryl/α,β-unsaturated/α-hetero) is 1. The Kier molecular flexibility index (Phi) is 5.15. The molecule has 0 bridgehead atoms. The molecular formula is C15H19ClN2O2. The van der Waals surface area contributed by atoms with Crippen molar-refractivity contribution in [2.75, 3.05) is 13.1 Å². The summed E-state index contributed by atoms with van der Waals surface area (Å²) in [5, 5.41) is 0.603. The molecule has 2 N–H and O–H groups in total. The number of carbonyl (C=O) groups is 2. The fraction of sp³-hybridized carbons (Fsp3) is 0.467. The maximum absolute atomic E-state index is 12.3. The second-order valence-electron chi connectivity index (χ2n) is 5.24. The van der Waals surface area contributed by atoms with E-state index in [1.54, 1.807) is 24.3 Å². The first kappa shape index (κ1) is 15.0. The summed E-state index contributed by atoms with van der Waals surface area (Å²) in [5.74, 6) is -0.393. The summed E-state index contributed by atoms with van der Waals surface area (Å²) in [4.78, 5) is 25.4. The minimum absolute atomic E-state index is 0.00480. The van der Waals surface area contributed by atoms with Gasteiger partial charge in [0.2, 0.25) is 5.91 Å². The third-order valence-corrected chi connectivity index (χ3v) is 3.96. The third kappa shape index (κ3) is 4.05. The maximum atomic E-state index is 12.3. The number of halogens is 1. The van der Waals surface area contributed by atoms with Crippen molar-refractivity contribution in [2.45, 2.75) is 31.7 Å². The van der Waals surface area contributed by atoms with Gasteiger partial charge in [-0.2, -0.15) is 0 Å². The third-order valence-electron chi connectivity index (χ3n) is 3.71. The van der Waals surface area contributed by atoms with Crippen molar-refractivity contribution in [2.24, 2.45) is 5.73 Å². The molecule has 1 aromatic carbocycles. The molecule has 0 radical (unpaired) electrons. The van der Waals surface area contributed by atoms with Gasteiger partial charge in [0.25, 0.3) is 0 Å². The van der Waals surface area contributed by atoms with Crippen LogP contribution in [0, 0.1) is 0 Å². The second kappa shape index (κ2) is 6.86. The van der Waals surface area contributed by atoms with E-state index in [4.69, 9.17) is 17.3 Å². The molecule has 2 rings (SSSR count). The molecule has 1 saturated carbocycles. The van der Waals surface area contributed by atoms with Crippen LogP contribution in [-0.2, 0) is 4.79 Å². The summed E-state index contributed by atoms with van der Waals surface area (Å²) < 4.78 is 0. The first-order valence-electron chi connectivity index (χ1n) is 6.87. The zero-order valence-corrected chi connectivity index (χ0v) is 12.1. The van der Waals surface area contributed by atoms with E-state index >= 15 is 0 Å². The van der Waals surface area contributed by atoms with Crippen LogP contribution < -0.4 is 5.73 Å². The number of nitrogens with two attached hydrogens (primary N) is 1. The monoisotopic (exact) mass is 294 g/mol. The second-order valence-corrected chi connectivity index (χ2v) is 5.68. The molecule has 1 aromatic rings. The van der Waals surface area contributed by atoms with Crippen LogP contribution >= 0.6 is 11.6 Å². The molecule has 108 valence electrons. The standard InChI is InChI=1S/C15H19ClN2O2/c16-12-7-5-11(6-8-12)14(19)9-18(10-15(17)20)13-3-1-2-4-13/h5-8,13H,1-4,9-10H2,(H2,17,20). The molecule has 1 aliphatic carbocycles. The number of benzene rings is 1. The lowest BCUT2D eigenvalue weighted by molar-refractivity contribution is -0.119. The van der Waals surface area contributed by atoms with Crippen molar-refractivity contribution < 1.29 is 9.59 Å². The van der Waals surface area contributed by atoms with Gasteiger partial charge in [-0.3, -0.25) is 14.5 Å². The lowest BCUT2D eigenvalue weighted by Crippen LogP contribution is -2.43. The van der Waals surface area contributed by atoms with Gasteiger partial charge in [-0.05, 0) is 37.1 Å². The van der Waals surface area contributed by atoms with Gasteiger partial charge in [0.05, 0.1) is 13.1 Å². The molecule has 1 amide bonds. The van der Waals surface area contributed by atoms with Gasteiger partial charge in [0.1, 0.15) is 0 Å². The average Bonchev–Trinajstić information content (AvgIpc) is 2.92. The predicted molar refractivity (Wildman–Crippen MR) is 78.8 cm³/mol. The van der Waals surface area contributed by atoms with E-state index in [1.165, 1.54) is 0 Å². The van der Waals surface area contributed by atoms with Crippen LogP contribution in [-0.4, -0.2) is 35.7 Å². The van der Waals surface area contributed by atoms with E-state index in [0.29, 0.717) is 16.6 Å². The molecule has 0 aromatic heterocycles. The predicted octanol–water partition coefficient (Wildman–Crippen LogP) is 2.25. The Morgan fingerprint density at radius 1 is 1.15 bits per heavy atom. The number of carbonyl (C=O) groups excluding carboxylic acids is 2. The van der Waals surface area contributed by atoms with Gasteiger partial charge in [0, 0.05) is 16.6 Å². The number of hydrogen-bond acceptors (Lipinski definition) is 3. The molecule has 0 aliphatic heterocycles. The maximum Gasteiger partial charge on any atom is 0.231 e. The molecule has 0 saturated heterocycles. The zero-order chi connectivity index (χ0) is 14.5. The lowest BCUT2D eigenvalue weighted by atomic mass is 10.1. The smallest absolute Gasteiger partial charge is 0.231 e. The number of rotatable bonds is 6. The van der Waals surface area contributed by atoms with Crippen LogP contribution in [0.1, 0.15) is 36.0 Å². The summed E-state index contributed by atoms with van der Waals surface area (Å²) in [7, 11) is 0. The van der Waals surface area contributed by atoms with Crippen LogP contribution in [0.3, 0.4) is 0 Å². The van der Waals surface area contributed by atoms with Gasteiger partial charge in [-0.15, -0.1) is 0 Å². The molecule has 1 aliphatic rings. The van der Waals surface area contributed by atoms with E-state index in [-0.39, 0.29) is 24.8 Å². The fourth-order valence-corrected chi connectivity index (χ4v) is 2.82. The highest BCUT2D eigenvalue weighted by Gasteiger charge is 2.25. The average molecular weight is 295 g/mol. The molecule has 4 nitrogen and oxygen atoms in total. The van der Waals surface area contributed by atoms with E-state index in [0.717, 1.165) is 25.7 Å². The number of ketones is 1. The van der Waals surface area contributed by atoms with E-state index in [9.17, 15) is 9.59 Å². The number of nitrogens with zero attached hydrogens (tertiary/aromatic N) is 1. The minimum Gasteiger partial charge on any atom is -0.369 e. The molecule has 20 heavy (non-hydrogen) atoms. The Morgan fingerprint density at radius 3 is 2.30 bits per heavy atom. The SMILES string of the molecule is NC(=O)CN(CC(=O)c1ccc(Cl)cc1)C1CCCC1. The van der Waals surface area contributed by atoms with Crippen molar-refractivity contribution in [3.8, 4) is 0 Å². The normalized spacial score (nSPS) is 15.7. The fourth-order valence-electron chi connectivity index (χ4n) is 2.70. The van der Waals surface area contributed by atoms with Crippen LogP contribution in [0.4, 0.5) is 0 Å². The molecule has 0 spiro atoms. The Bertz CT molecular complexity index is 481. The number of primary amides is 1. The topological polar surface area (TPSA) is 63.4 Å². The summed E-state index contributed by atoms with van der Waals surface area (Å²) in [6.07, 6.45) is 4.35. The summed E-state index contributed by atoms with van der Waals surface area (Å²) in [5.41, 5.74) is 5.90. The van der Waals surface area contributed by atoms with Crippen LogP contribution in [0.15, 0.2) is 24.3 Å². The van der Waals surface area contributed by atoms with Gasteiger partial charge < -0.3 is 5.73 Å².